The lowest BCUT2D eigenvalue weighted by Crippen LogP contribution is -2.24. The summed E-state index contributed by atoms with van der Waals surface area (Å²) in [5.74, 6) is -2.90. The van der Waals surface area contributed by atoms with E-state index in [0.29, 0.717) is 11.3 Å². The second kappa shape index (κ2) is 8.74. The Balaban J connectivity index is 2.11. The lowest BCUT2D eigenvalue weighted by atomic mass is 10.0. The van der Waals surface area contributed by atoms with E-state index in [2.05, 4.69) is 5.32 Å². The van der Waals surface area contributed by atoms with Gasteiger partial charge in [0.2, 0.25) is 0 Å². The summed E-state index contributed by atoms with van der Waals surface area (Å²) in [6.07, 6.45) is 1.60. The maximum Gasteiger partial charge on any atom is 0.340 e. The number of hydrogen-bond acceptors (Lipinski definition) is 6. The number of ether oxygens (including phenoxy) is 1. The van der Waals surface area contributed by atoms with Crippen molar-refractivity contribution in [1.29, 1.82) is 0 Å². The van der Waals surface area contributed by atoms with E-state index in [1.807, 2.05) is 12.1 Å². The Morgan fingerprint density at radius 2 is 1.84 bits per heavy atom. The predicted octanol–water partition coefficient (Wildman–Crippen LogP) is 3.40. The molecule has 1 heterocycles. The van der Waals surface area contributed by atoms with Crippen LogP contribution in [0.2, 0.25) is 0 Å². The minimum Gasteiger partial charge on any atom is -0.507 e. The second-order valence-corrected chi connectivity index (χ2v) is 6.76. The summed E-state index contributed by atoms with van der Waals surface area (Å²) < 4.78 is 5.15. The van der Waals surface area contributed by atoms with E-state index in [9.17, 15) is 19.5 Å². The van der Waals surface area contributed by atoms with Gasteiger partial charge in [-0.2, -0.15) is 0 Å². The Morgan fingerprint density at radius 1 is 1.16 bits per heavy atom. The summed E-state index contributed by atoms with van der Waals surface area (Å²) in [6.45, 7) is 3.41. The number of carboxylic acids is 1. The summed E-state index contributed by atoms with van der Waals surface area (Å²) in [6, 6.07) is 11.1. The van der Waals surface area contributed by atoms with E-state index in [1.165, 1.54) is 23.1 Å². The van der Waals surface area contributed by atoms with Crippen molar-refractivity contribution in [3.63, 3.8) is 0 Å². The van der Waals surface area contributed by atoms with Crippen molar-refractivity contribution in [2.45, 2.75) is 13.8 Å². The van der Waals surface area contributed by atoms with Gasteiger partial charge < -0.3 is 20.3 Å². The number of nitrogens with one attached hydrogen (secondary N) is 1. The highest BCUT2D eigenvalue weighted by atomic mass is 16.5. The fraction of sp³-hybridized carbons (Fsp3) is 0.174. The molecule has 8 heteroatoms. The largest absolute Gasteiger partial charge is 0.507 e. The molecule has 0 atom stereocenters. The van der Waals surface area contributed by atoms with Gasteiger partial charge in [-0.3, -0.25) is 9.69 Å². The number of allylic oxidation sites excluding steroid dienone is 1. The fourth-order valence-electron chi connectivity index (χ4n) is 3.34. The molecule has 0 radical (unpaired) electrons. The molecule has 160 valence electrons. The number of hydrogen-bond donors (Lipinski definition) is 3. The standard InChI is InChI=1S/C23H22N2O6/c1-4-31-23(30)20-13(2)25(16-9-10-17(22(28)29)19(26)12-16)21(27)18(20)11-14-5-7-15(24-3)8-6-14/h5-12,24,26H,4H2,1-3H3,(H,28,29)/b18-11-. The van der Waals surface area contributed by atoms with Gasteiger partial charge in [-0.25, -0.2) is 9.59 Å². The van der Waals surface area contributed by atoms with Crippen LogP contribution in [0.15, 0.2) is 59.3 Å². The van der Waals surface area contributed by atoms with Gasteiger partial charge in [-0.15, -0.1) is 0 Å². The van der Waals surface area contributed by atoms with Gasteiger partial charge in [-0.05, 0) is 49.8 Å². The molecule has 0 spiro atoms. The smallest absolute Gasteiger partial charge is 0.340 e. The van der Waals surface area contributed by atoms with Crippen molar-refractivity contribution < 1.29 is 29.3 Å². The van der Waals surface area contributed by atoms with Crippen molar-refractivity contribution in [3.05, 3.63) is 70.4 Å². The Kier molecular flexibility index (Phi) is 6.10. The van der Waals surface area contributed by atoms with E-state index in [0.717, 1.165) is 5.69 Å². The van der Waals surface area contributed by atoms with Crippen molar-refractivity contribution >= 4 is 35.3 Å². The first kappa shape index (κ1) is 21.6. The Bertz CT molecular complexity index is 1120. The van der Waals surface area contributed by atoms with Crippen LogP contribution >= 0.6 is 0 Å². The number of nitrogens with zero attached hydrogens (tertiary/aromatic N) is 1. The highest BCUT2D eigenvalue weighted by Crippen LogP contribution is 2.37. The third-order valence-corrected chi connectivity index (χ3v) is 4.86. The molecule has 3 rings (SSSR count). The zero-order valence-corrected chi connectivity index (χ0v) is 17.3. The van der Waals surface area contributed by atoms with E-state index >= 15 is 0 Å². The molecule has 2 aromatic carbocycles. The molecular formula is C23H22N2O6. The van der Waals surface area contributed by atoms with E-state index < -0.39 is 23.6 Å². The molecule has 0 aromatic heterocycles. The molecule has 1 aliphatic rings. The van der Waals surface area contributed by atoms with Crippen LogP contribution in [0.1, 0.15) is 29.8 Å². The van der Waals surface area contributed by atoms with E-state index in [4.69, 9.17) is 9.84 Å². The number of aromatic hydroxyl groups is 1. The summed E-state index contributed by atoms with van der Waals surface area (Å²) in [4.78, 5) is 38.4. The number of amides is 1. The van der Waals surface area contributed by atoms with Crippen molar-refractivity contribution in [2.75, 3.05) is 23.9 Å². The monoisotopic (exact) mass is 422 g/mol. The van der Waals surface area contributed by atoms with Gasteiger partial charge in [-0.1, -0.05) is 12.1 Å². The molecule has 0 unspecified atom stereocenters. The lowest BCUT2D eigenvalue weighted by molar-refractivity contribution is -0.138. The summed E-state index contributed by atoms with van der Waals surface area (Å²) in [5.41, 5.74) is 2.14. The van der Waals surface area contributed by atoms with E-state index in [-0.39, 0.29) is 29.0 Å². The minimum atomic E-state index is -1.29. The molecule has 0 saturated carbocycles. The zero-order chi connectivity index (χ0) is 22.7. The van der Waals surface area contributed by atoms with Crippen LogP contribution < -0.4 is 10.2 Å². The number of rotatable bonds is 6. The first-order chi connectivity index (χ1) is 14.8. The zero-order valence-electron chi connectivity index (χ0n) is 17.3. The van der Waals surface area contributed by atoms with Crippen molar-refractivity contribution in [1.82, 2.24) is 0 Å². The molecule has 3 N–H and O–H groups in total. The second-order valence-electron chi connectivity index (χ2n) is 6.76. The number of benzene rings is 2. The molecule has 0 aliphatic carbocycles. The summed E-state index contributed by atoms with van der Waals surface area (Å²) in [5, 5.41) is 22.2. The maximum absolute atomic E-state index is 13.3. The Labute approximate surface area is 179 Å². The Hall–Kier alpha value is -4.07. The topological polar surface area (TPSA) is 116 Å². The quantitative estimate of drug-likeness (QED) is 0.483. The van der Waals surface area contributed by atoms with Crippen LogP contribution in [0.5, 0.6) is 5.75 Å². The van der Waals surface area contributed by atoms with Gasteiger partial charge >= 0.3 is 11.9 Å². The summed E-state index contributed by atoms with van der Waals surface area (Å²) in [7, 11) is 1.79. The number of phenols is 1. The highest BCUT2D eigenvalue weighted by molar-refractivity contribution is 6.24. The van der Waals surface area contributed by atoms with Crippen LogP contribution in [-0.4, -0.2) is 41.7 Å². The van der Waals surface area contributed by atoms with Crippen LogP contribution in [-0.2, 0) is 14.3 Å². The van der Waals surface area contributed by atoms with Crippen LogP contribution in [0, 0.1) is 0 Å². The van der Waals surface area contributed by atoms with Crippen LogP contribution in [0.3, 0.4) is 0 Å². The molecular weight excluding hydrogens is 400 g/mol. The Morgan fingerprint density at radius 3 is 2.39 bits per heavy atom. The first-order valence-electron chi connectivity index (χ1n) is 9.57. The average molecular weight is 422 g/mol. The molecule has 8 nitrogen and oxygen atoms in total. The normalized spacial score (nSPS) is 14.9. The number of carbonyl (C=O) groups excluding carboxylic acids is 2. The average Bonchev–Trinajstić information content (AvgIpc) is 2.98. The number of carboxylic acid groups (broad SMARTS) is 1. The number of esters is 1. The highest BCUT2D eigenvalue weighted by Gasteiger charge is 2.38. The number of aromatic carboxylic acids is 1. The molecule has 2 aromatic rings. The van der Waals surface area contributed by atoms with Crippen molar-refractivity contribution in [2.24, 2.45) is 0 Å². The van der Waals surface area contributed by atoms with Crippen LogP contribution in [0.25, 0.3) is 6.08 Å². The summed E-state index contributed by atoms with van der Waals surface area (Å²) >= 11 is 0. The minimum absolute atomic E-state index is 0.117. The van der Waals surface area contributed by atoms with Gasteiger partial charge in [0.15, 0.2) is 0 Å². The van der Waals surface area contributed by atoms with Gasteiger partial charge in [0.25, 0.3) is 5.91 Å². The number of anilines is 2. The molecule has 1 amide bonds. The lowest BCUT2D eigenvalue weighted by Gasteiger charge is -2.18. The molecule has 0 fully saturated rings. The van der Waals surface area contributed by atoms with Gasteiger partial charge in [0.1, 0.15) is 11.3 Å². The first-order valence-corrected chi connectivity index (χ1v) is 9.57. The fourth-order valence-corrected chi connectivity index (χ4v) is 3.34. The van der Waals surface area contributed by atoms with Crippen molar-refractivity contribution in [3.8, 4) is 5.75 Å². The SMILES string of the molecule is CCOC(=O)C1=C(C)N(c2ccc(C(=O)O)c(O)c2)C(=O)/C1=C\c1ccc(NC)cc1. The predicted molar refractivity (Wildman–Crippen MR) is 116 cm³/mol. The van der Waals surface area contributed by atoms with Gasteiger partial charge in [0, 0.05) is 24.5 Å². The third kappa shape index (κ3) is 4.13. The molecule has 1 aliphatic heterocycles. The van der Waals surface area contributed by atoms with Gasteiger partial charge in [0.05, 0.1) is 23.4 Å². The third-order valence-electron chi connectivity index (χ3n) is 4.86. The number of carbonyl (C=O) groups is 3. The van der Waals surface area contributed by atoms with Crippen LogP contribution in [0.4, 0.5) is 11.4 Å². The molecule has 0 saturated heterocycles. The van der Waals surface area contributed by atoms with E-state index in [1.54, 1.807) is 39.1 Å². The molecule has 31 heavy (non-hydrogen) atoms. The molecule has 0 bridgehead atoms. The maximum atomic E-state index is 13.3.